The van der Waals surface area contributed by atoms with Crippen molar-refractivity contribution in [2.75, 3.05) is 0 Å². The summed E-state index contributed by atoms with van der Waals surface area (Å²) >= 11 is 0. The standard InChI is InChI=1S/C11H15FO/c1-11(2,3)10(13)8-4-6-9(12)7-5-8/h4-7,10,13H,1-3H3. The van der Waals surface area contributed by atoms with Crippen molar-refractivity contribution < 1.29 is 9.50 Å². The molecule has 0 spiro atoms. The summed E-state index contributed by atoms with van der Waals surface area (Å²) in [6.45, 7) is 5.84. The molecular weight excluding hydrogens is 167 g/mol. The van der Waals surface area contributed by atoms with E-state index in [-0.39, 0.29) is 11.2 Å². The number of hydrogen-bond acceptors (Lipinski definition) is 1. The molecule has 0 aliphatic carbocycles. The lowest BCUT2D eigenvalue weighted by molar-refractivity contribution is 0.0626. The summed E-state index contributed by atoms with van der Waals surface area (Å²) in [4.78, 5) is 0. The molecule has 0 bridgehead atoms. The van der Waals surface area contributed by atoms with Crippen molar-refractivity contribution in [2.45, 2.75) is 26.9 Å². The molecule has 1 aromatic rings. The van der Waals surface area contributed by atoms with Crippen LogP contribution in [-0.4, -0.2) is 5.11 Å². The van der Waals surface area contributed by atoms with Crippen LogP contribution in [0.15, 0.2) is 24.3 Å². The Morgan fingerprint density at radius 1 is 1.15 bits per heavy atom. The molecule has 0 saturated carbocycles. The summed E-state index contributed by atoms with van der Waals surface area (Å²) in [5, 5.41) is 9.83. The fourth-order valence-corrected chi connectivity index (χ4v) is 1.15. The lowest BCUT2D eigenvalue weighted by atomic mass is 9.85. The quantitative estimate of drug-likeness (QED) is 0.708. The number of hydrogen-bond donors (Lipinski definition) is 1. The molecular formula is C11H15FO. The van der Waals surface area contributed by atoms with Gasteiger partial charge in [0.15, 0.2) is 0 Å². The van der Waals surface area contributed by atoms with Gasteiger partial charge in [-0.25, -0.2) is 4.39 Å². The molecule has 13 heavy (non-hydrogen) atoms. The second kappa shape index (κ2) is 3.46. The molecule has 0 aliphatic heterocycles. The van der Waals surface area contributed by atoms with Crippen molar-refractivity contribution >= 4 is 0 Å². The van der Waals surface area contributed by atoms with Crippen molar-refractivity contribution in [1.29, 1.82) is 0 Å². The number of halogens is 1. The van der Waals surface area contributed by atoms with E-state index in [9.17, 15) is 9.50 Å². The van der Waals surface area contributed by atoms with Crippen LogP contribution in [0.2, 0.25) is 0 Å². The Balaban J connectivity index is 2.90. The van der Waals surface area contributed by atoms with Crippen molar-refractivity contribution in [3.63, 3.8) is 0 Å². The minimum atomic E-state index is -0.548. The lowest BCUT2D eigenvalue weighted by Crippen LogP contribution is -2.17. The SMILES string of the molecule is CC(C)(C)C(O)c1ccc(F)cc1. The van der Waals surface area contributed by atoms with E-state index >= 15 is 0 Å². The minimum Gasteiger partial charge on any atom is -0.388 e. The second-order valence-electron chi connectivity index (χ2n) is 4.32. The van der Waals surface area contributed by atoms with Gasteiger partial charge in [0.05, 0.1) is 6.10 Å². The van der Waals surface area contributed by atoms with Crippen molar-refractivity contribution in [3.8, 4) is 0 Å². The predicted molar refractivity (Wildman–Crippen MR) is 50.8 cm³/mol. The maximum absolute atomic E-state index is 12.6. The Morgan fingerprint density at radius 2 is 1.62 bits per heavy atom. The molecule has 0 fully saturated rings. The Hall–Kier alpha value is -0.890. The van der Waals surface area contributed by atoms with E-state index < -0.39 is 6.10 Å². The zero-order valence-electron chi connectivity index (χ0n) is 8.21. The first-order chi connectivity index (χ1) is 5.91. The zero-order valence-corrected chi connectivity index (χ0v) is 8.21. The maximum atomic E-state index is 12.6. The molecule has 0 radical (unpaired) electrons. The summed E-state index contributed by atoms with van der Waals surface area (Å²) in [6, 6.07) is 5.96. The Labute approximate surface area is 78.2 Å². The predicted octanol–water partition coefficient (Wildman–Crippen LogP) is 2.91. The highest BCUT2D eigenvalue weighted by atomic mass is 19.1. The average molecular weight is 182 g/mol. The Morgan fingerprint density at radius 3 is 2.00 bits per heavy atom. The Kier molecular flexibility index (Phi) is 2.71. The summed E-state index contributed by atoms with van der Waals surface area (Å²) in [6.07, 6.45) is -0.548. The van der Waals surface area contributed by atoms with E-state index in [0.717, 1.165) is 5.56 Å². The van der Waals surface area contributed by atoms with Crippen LogP contribution in [-0.2, 0) is 0 Å². The Bertz CT molecular complexity index is 271. The van der Waals surface area contributed by atoms with Crippen LogP contribution < -0.4 is 0 Å². The van der Waals surface area contributed by atoms with E-state index in [0.29, 0.717) is 0 Å². The third kappa shape index (κ3) is 2.52. The molecule has 0 saturated heterocycles. The molecule has 1 rings (SSSR count). The molecule has 2 heteroatoms. The molecule has 1 N–H and O–H groups in total. The van der Waals surface area contributed by atoms with E-state index in [1.54, 1.807) is 12.1 Å². The van der Waals surface area contributed by atoms with Gasteiger partial charge in [0.25, 0.3) is 0 Å². The van der Waals surface area contributed by atoms with Gasteiger partial charge in [0, 0.05) is 0 Å². The maximum Gasteiger partial charge on any atom is 0.123 e. The van der Waals surface area contributed by atoms with Crippen LogP contribution in [0.25, 0.3) is 0 Å². The molecule has 1 aromatic carbocycles. The van der Waals surface area contributed by atoms with Crippen molar-refractivity contribution in [3.05, 3.63) is 35.6 Å². The van der Waals surface area contributed by atoms with Gasteiger partial charge in [-0.05, 0) is 23.1 Å². The summed E-state index contributed by atoms with van der Waals surface area (Å²) in [7, 11) is 0. The second-order valence-corrected chi connectivity index (χ2v) is 4.32. The normalized spacial score (nSPS) is 14.2. The van der Waals surface area contributed by atoms with E-state index in [2.05, 4.69) is 0 Å². The van der Waals surface area contributed by atoms with Gasteiger partial charge in [0.2, 0.25) is 0 Å². The molecule has 0 amide bonds. The van der Waals surface area contributed by atoms with E-state index in [1.165, 1.54) is 12.1 Å². The third-order valence-electron chi connectivity index (χ3n) is 2.01. The van der Waals surface area contributed by atoms with Crippen LogP contribution in [0, 0.1) is 11.2 Å². The van der Waals surface area contributed by atoms with Gasteiger partial charge in [0.1, 0.15) is 5.82 Å². The average Bonchev–Trinajstić information content (AvgIpc) is 2.03. The van der Waals surface area contributed by atoms with Crippen LogP contribution >= 0.6 is 0 Å². The van der Waals surface area contributed by atoms with Gasteiger partial charge < -0.3 is 5.11 Å². The van der Waals surface area contributed by atoms with Gasteiger partial charge in [-0.2, -0.15) is 0 Å². The topological polar surface area (TPSA) is 20.2 Å². The number of aliphatic hydroxyl groups is 1. The third-order valence-corrected chi connectivity index (χ3v) is 2.01. The van der Waals surface area contributed by atoms with Crippen LogP contribution in [0.5, 0.6) is 0 Å². The fourth-order valence-electron chi connectivity index (χ4n) is 1.15. The summed E-state index contributed by atoms with van der Waals surface area (Å²) < 4.78 is 12.6. The molecule has 1 atom stereocenters. The lowest BCUT2D eigenvalue weighted by Gasteiger charge is -2.26. The highest BCUT2D eigenvalue weighted by Gasteiger charge is 2.23. The minimum absolute atomic E-state index is 0.210. The van der Waals surface area contributed by atoms with Crippen LogP contribution in [0.3, 0.4) is 0 Å². The molecule has 1 nitrogen and oxygen atoms in total. The molecule has 0 heterocycles. The van der Waals surface area contributed by atoms with E-state index in [1.807, 2.05) is 20.8 Å². The number of rotatable bonds is 1. The first-order valence-corrected chi connectivity index (χ1v) is 4.35. The zero-order chi connectivity index (χ0) is 10.1. The van der Waals surface area contributed by atoms with E-state index in [4.69, 9.17) is 0 Å². The number of benzene rings is 1. The van der Waals surface area contributed by atoms with Crippen LogP contribution in [0.4, 0.5) is 4.39 Å². The fraction of sp³-hybridized carbons (Fsp3) is 0.455. The molecule has 1 unspecified atom stereocenters. The highest BCUT2D eigenvalue weighted by molar-refractivity contribution is 5.19. The molecule has 0 aromatic heterocycles. The first-order valence-electron chi connectivity index (χ1n) is 4.35. The van der Waals surface area contributed by atoms with Gasteiger partial charge in [-0.3, -0.25) is 0 Å². The largest absolute Gasteiger partial charge is 0.388 e. The number of aliphatic hydroxyl groups excluding tert-OH is 1. The van der Waals surface area contributed by atoms with Gasteiger partial charge in [-0.1, -0.05) is 32.9 Å². The first kappa shape index (κ1) is 10.2. The monoisotopic (exact) mass is 182 g/mol. The summed E-state index contributed by atoms with van der Waals surface area (Å²) in [5.41, 5.74) is 0.548. The van der Waals surface area contributed by atoms with Gasteiger partial charge >= 0.3 is 0 Å². The van der Waals surface area contributed by atoms with Gasteiger partial charge in [-0.15, -0.1) is 0 Å². The van der Waals surface area contributed by atoms with Crippen LogP contribution in [0.1, 0.15) is 32.4 Å². The summed E-state index contributed by atoms with van der Waals surface area (Å²) in [5.74, 6) is -0.273. The van der Waals surface area contributed by atoms with Crippen molar-refractivity contribution in [2.24, 2.45) is 5.41 Å². The highest BCUT2D eigenvalue weighted by Crippen LogP contribution is 2.32. The van der Waals surface area contributed by atoms with Crippen molar-refractivity contribution in [1.82, 2.24) is 0 Å². The molecule has 72 valence electrons. The smallest absolute Gasteiger partial charge is 0.123 e. The molecule has 0 aliphatic rings.